The predicted molar refractivity (Wildman–Crippen MR) is 66.3 cm³/mol. The molecule has 0 aromatic heterocycles. The maximum absolute atomic E-state index is 11.8. The van der Waals surface area contributed by atoms with Gasteiger partial charge in [0.25, 0.3) is 11.6 Å². The number of nitrogen functional groups attached to an aromatic ring is 1. The summed E-state index contributed by atoms with van der Waals surface area (Å²) >= 11 is 0. The second kappa shape index (κ2) is 5.97. The van der Waals surface area contributed by atoms with E-state index in [4.69, 9.17) is 10.5 Å². The molecule has 98 valence electrons. The van der Waals surface area contributed by atoms with Gasteiger partial charge < -0.3 is 15.8 Å². The van der Waals surface area contributed by atoms with Crippen LogP contribution in [0.4, 0.5) is 11.4 Å². The van der Waals surface area contributed by atoms with Crippen LogP contribution in [0.25, 0.3) is 0 Å². The molecule has 7 heteroatoms. The first-order chi connectivity index (χ1) is 8.45. The molecule has 18 heavy (non-hydrogen) atoms. The van der Waals surface area contributed by atoms with Crippen LogP contribution in [0.2, 0.25) is 0 Å². The fourth-order valence-corrected chi connectivity index (χ4v) is 1.31. The Labute approximate surface area is 104 Å². The molecule has 3 N–H and O–H groups in total. The smallest absolute Gasteiger partial charge is 0.282 e. The summed E-state index contributed by atoms with van der Waals surface area (Å²) in [4.78, 5) is 22.0. The van der Waals surface area contributed by atoms with Gasteiger partial charge >= 0.3 is 0 Å². The highest BCUT2D eigenvalue weighted by molar-refractivity contribution is 5.99. The quantitative estimate of drug-likeness (QED) is 0.461. The fraction of sp³-hybridized carbons (Fsp3) is 0.364. The zero-order valence-corrected chi connectivity index (χ0v) is 10.2. The fourth-order valence-electron chi connectivity index (χ4n) is 1.31. The molecule has 0 radical (unpaired) electrons. The van der Waals surface area contributed by atoms with Gasteiger partial charge in [-0.15, -0.1) is 0 Å². The lowest BCUT2D eigenvalue weighted by atomic mass is 10.1. The summed E-state index contributed by atoms with van der Waals surface area (Å²) in [6.07, 6.45) is -0.172. The lowest BCUT2D eigenvalue weighted by molar-refractivity contribution is -0.385. The Morgan fingerprint density at radius 1 is 1.61 bits per heavy atom. The minimum Gasteiger partial charge on any atom is -0.399 e. The van der Waals surface area contributed by atoms with E-state index < -0.39 is 10.8 Å². The van der Waals surface area contributed by atoms with Crippen molar-refractivity contribution in [3.05, 3.63) is 33.9 Å². The van der Waals surface area contributed by atoms with Gasteiger partial charge in [0, 0.05) is 25.4 Å². The number of carbonyl (C=O) groups excluding carboxylic acids is 1. The molecule has 0 fully saturated rings. The van der Waals surface area contributed by atoms with Crippen molar-refractivity contribution in [1.82, 2.24) is 5.32 Å². The third-order valence-corrected chi connectivity index (χ3v) is 2.41. The number of benzene rings is 1. The van der Waals surface area contributed by atoms with Crippen LogP contribution >= 0.6 is 0 Å². The van der Waals surface area contributed by atoms with Crippen molar-refractivity contribution in [2.24, 2.45) is 0 Å². The zero-order chi connectivity index (χ0) is 13.7. The Bertz CT molecular complexity index is 462. The van der Waals surface area contributed by atoms with Crippen molar-refractivity contribution in [2.75, 3.05) is 19.4 Å². The van der Waals surface area contributed by atoms with E-state index in [1.165, 1.54) is 25.3 Å². The van der Waals surface area contributed by atoms with E-state index in [1.807, 2.05) is 0 Å². The molecule has 1 atom stereocenters. The molecule has 0 aliphatic heterocycles. The molecule has 1 amide bonds. The molecule has 0 saturated carbocycles. The van der Waals surface area contributed by atoms with E-state index in [1.54, 1.807) is 6.92 Å². The normalized spacial score (nSPS) is 11.9. The van der Waals surface area contributed by atoms with Crippen LogP contribution in [0.1, 0.15) is 17.3 Å². The largest absolute Gasteiger partial charge is 0.399 e. The van der Waals surface area contributed by atoms with Gasteiger partial charge in [-0.2, -0.15) is 0 Å². The maximum atomic E-state index is 11.8. The van der Waals surface area contributed by atoms with Crippen molar-refractivity contribution >= 4 is 17.3 Å². The number of hydrogen-bond acceptors (Lipinski definition) is 5. The average molecular weight is 253 g/mol. The Balaban J connectivity index is 2.90. The van der Waals surface area contributed by atoms with E-state index in [0.717, 1.165) is 0 Å². The van der Waals surface area contributed by atoms with Crippen LogP contribution in [-0.4, -0.2) is 30.6 Å². The number of carbonyl (C=O) groups is 1. The van der Waals surface area contributed by atoms with Crippen LogP contribution < -0.4 is 11.1 Å². The van der Waals surface area contributed by atoms with Gasteiger partial charge in [-0.05, 0) is 19.1 Å². The standard InChI is InChI=1S/C11H15N3O4/c1-7(18-2)6-13-11(15)9-5-8(12)3-4-10(9)14(16)17/h3-5,7H,6,12H2,1-2H3,(H,13,15). The SMILES string of the molecule is COC(C)CNC(=O)c1cc(N)ccc1[N+](=O)[O-]. The van der Waals surface area contributed by atoms with E-state index in [9.17, 15) is 14.9 Å². The predicted octanol–water partition coefficient (Wildman–Crippen LogP) is 0.942. The number of methoxy groups -OCH3 is 1. The molecule has 0 aliphatic carbocycles. The zero-order valence-electron chi connectivity index (χ0n) is 10.2. The molecule has 1 aromatic carbocycles. The van der Waals surface area contributed by atoms with Gasteiger partial charge in [0.1, 0.15) is 5.56 Å². The first-order valence-electron chi connectivity index (χ1n) is 5.30. The Morgan fingerprint density at radius 2 is 2.28 bits per heavy atom. The van der Waals surface area contributed by atoms with Crippen molar-refractivity contribution in [1.29, 1.82) is 0 Å². The third kappa shape index (κ3) is 3.42. The number of nitrogens with zero attached hydrogens (tertiary/aromatic N) is 1. The second-order valence-electron chi connectivity index (χ2n) is 3.79. The number of nitro groups is 1. The van der Waals surface area contributed by atoms with Gasteiger partial charge in [0.2, 0.25) is 0 Å². The van der Waals surface area contributed by atoms with Crippen LogP contribution in [0, 0.1) is 10.1 Å². The molecule has 0 bridgehead atoms. The number of nitrogens with two attached hydrogens (primary N) is 1. The summed E-state index contributed by atoms with van der Waals surface area (Å²) in [5.74, 6) is -0.544. The average Bonchev–Trinajstić information content (AvgIpc) is 2.34. The molecule has 1 rings (SSSR count). The monoisotopic (exact) mass is 253 g/mol. The molecule has 0 spiro atoms. The minimum absolute atomic E-state index is 0.0525. The van der Waals surface area contributed by atoms with E-state index in [-0.39, 0.29) is 23.9 Å². The molecule has 1 unspecified atom stereocenters. The first-order valence-corrected chi connectivity index (χ1v) is 5.30. The van der Waals surface area contributed by atoms with E-state index in [0.29, 0.717) is 5.69 Å². The molecule has 0 heterocycles. The van der Waals surface area contributed by atoms with Gasteiger partial charge in [-0.1, -0.05) is 0 Å². The number of hydrogen-bond donors (Lipinski definition) is 2. The number of nitro benzene ring substituents is 1. The van der Waals surface area contributed by atoms with Gasteiger partial charge in [-0.3, -0.25) is 14.9 Å². The number of amides is 1. The third-order valence-electron chi connectivity index (χ3n) is 2.41. The molecule has 1 aromatic rings. The van der Waals surface area contributed by atoms with Gasteiger partial charge in [0.05, 0.1) is 11.0 Å². The maximum Gasteiger partial charge on any atom is 0.282 e. The molecular weight excluding hydrogens is 238 g/mol. The Kier molecular flexibility index (Phi) is 4.61. The molecule has 7 nitrogen and oxygen atoms in total. The summed E-state index contributed by atoms with van der Waals surface area (Å²) < 4.78 is 4.96. The summed E-state index contributed by atoms with van der Waals surface area (Å²) in [7, 11) is 1.51. The van der Waals surface area contributed by atoms with Crippen molar-refractivity contribution in [3.8, 4) is 0 Å². The topological polar surface area (TPSA) is 107 Å². The van der Waals surface area contributed by atoms with Crippen LogP contribution in [-0.2, 0) is 4.74 Å². The highest BCUT2D eigenvalue weighted by Gasteiger charge is 2.20. The minimum atomic E-state index is -0.617. The van der Waals surface area contributed by atoms with Crippen LogP contribution in [0.3, 0.4) is 0 Å². The Morgan fingerprint density at radius 3 is 2.83 bits per heavy atom. The summed E-state index contributed by atoms with van der Waals surface area (Å²) in [6.45, 7) is 2.04. The number of anilines is 1. The summed E-state index contributed by atoms with van der Waals surface area (Å²) in [5, 5.41) is 13.3. The second-order valence-corrected chi connectivity index (χ2v) is 3.79. The summed E-state index contributed by atoms with van der Waals surface area (Å²) in [5.41, 5.74) is 5.49. The van der Waals surface area contributed by atoms with Crippen LogP contribution in [0.15, 0.2) is 18.2 Å². The summed E-state index contributed by atoms with van der Waals surface area (Å²) in [6, 6.07) is 3.88. The molecule has 0 aliphatic rings. The van der Waals surface area contributed by atoms with Gasteiger partial charge in [-0.25, -0.2) is 0 Å². The van der Waals surface area contributed by atoms with Crippen molar-refractivity contribution in [2.45, 2.75) is 13.0 Å². The number of nitrogens with one attached hydrogen (secondary N) is 1. The Hall–Kier alpha value is -2.15. The molecule has 0 saturated heterocycles. The first kappa shape index (κ1) is 13.9. The van der Waals surface area contributed by atoms with E-state index >= 15 is 0 Å². The van der Waals surface area contributed by atoms with Crippen molar-refractivity contribution in [3.63, 3.8) is 0 Å². The highest BCUT2D eigenvalue weighted by atomic mass is 16.6. The van der Waals surface area contributed by atoms with Crippen molar-refractivity contribution < 1.29 is 14.5 Å². The number of ether oxygens (including phenoxy) is 1. The molecular formula is C11H15N3O4. The lowest BCUT2D eigenvalue weighted by Gasteiger charge is -2.11. The number of rotatable bonds is 5. The lowest BCUT2D eigenvalue weighted by Crippen LogP contribution is -2.32. The van der Waals surface area contributed by atoms with E-state index in [2.05, 4.69) is 5.32 Å². The highest BCUT2D eigenvalue weighted by Crippen LogP contribution is 2.20. The van der Waals surface area contributed by atoms with Crippen LogP contribution in [0.5, 0.6) is 0 Å². The van der Waals surface area contributed by atoms with Gasteiger partial charge in [0.15, 0.2) is 0 Å².